The summed E-state index contributed by atoms with van der Waals surface area (Å²) >= 11 is 0. The lowest BCUT2D eigenvalue weighted by Gasteiger charge is -2.16. The molecule has 5 heteroatoms. The molecule has 0 aliphatic heterocycles. The van der Waals surface area contributed by atoms with Gasteiger partial charge in [-0.3, -0.25) is 9.59 Å². The molecule has 0 fully saturated rings. The zero-order valence-corrected chi connectivity index (χ0v) is 8.31. The maximum Gasteiger partial charge on any atom is 0.228 e. The number of aliphatic hydroxyl groups excluding tert-OH is 1. The summed E-state index contributed by atoms with van der Waals surface area (Å²) in [6.45, 7) is 1.30. The van der Waals surface area contributed by atoms with Crippen LogP contribution in [0.5, 0.6) is 11.5 Å². The largest absolute Gasteiger partial charge is 0.508 e. The van der Waals surface area contributed by atoms with Crippen molar-refractivity contribution in [1.82, 2.24) is 0 Å². The lowest BCUT2D eigenvalue weighted by Crippen LogP contribution is -2.20. The van der Waals surface area contributed by atoms with Crippen LogP contribution in [0.15, 0.2) is 23.5 Å². The Bertz CT molecular complexity index is 554. The van der Waals surface area contributed by atoms with Crippen LogP contribution >= 0.6 is 0 Å². The number of hydrogen-bond acceptors (Lipinski definition) is 5. The molecular weight excluding hydrogens is 212 g/mol. The van der Waals surface area contributed by atoms with E-state index in [2.05, 4.69) is 0 Å². The Hall–Kier alpha value is -2.30. The summed E-state index contributed by atoms with van der Waals surface area (Å²) in [6.07, 6.45) is 0. The van der Waals surface area contributed by atoms with Crippen molar-refractivity contribution in [3.8, 4) is 11.5 Å². The number of carbonyl (C=O) groups excluding carboxylic acids is 2. The number of ketones is 2. The Morgan fingerprint density at radius 1 is 1.00 bits per heavy atom. The summed E-state index contributed by atoms with van der Waals surface area (Å²) in [5.74, 6) is -2.87. The molecule has 0 saturated heterocycles. The van der Waals surface area contributed by atoms with E-state index in [9.17, 15) is 24.9 Å². The third kappa shape index (κ3) is 1.18. The fourth-order valence-electron chi connectivity index (χ4n) is 1.62. The predicted octanol–water partition coefficient (Wildman–Crippen LogP) is 1.31. The van der Waals surface area contributed by atoms with Gasteiger partial charge >= 0.3 is 0 Å². The van der Waals surface area contributed by atoms with Crippen molar-refractivity contribution in [2.45, 2.75) is 6.92 Å². The molecule has 0 aromatic heterocycles. The average Bonchev–Trinajstić information content (AvgIpc) is 2.22. The van der Waals surface area contributed by atoms with E-state index in [1.54, 1.807) is 0 Å². The van der Waals surface area contributed by atoms with Gasteiger partial charge in [-0.1, -0.05) is 0 Å². The molecule has 0 atom stereocenters. The molecule has 0 saturated carbocycles. The number of benzene rings is 1. The lowest BCUT2D eigenvalue weighted by atomic mass is 9.88. The number of aromatic hydroxyl groups is 2. The van der Waals surface area contributed by atoms with Gasteiger partial charge in [0.05, 0.1) is 5.56 Å². The van der Waals surface area contributed by atoms with Crippen LogP contribution in [0.2, 0.25) is 0 Å². The van der Waals surface area contributed by atoms with Gasteiger partial charge in [-0.25, -0.2) is 0 Å². The monoisotopic (exact) mass is 220 g/mol. The number of carbonyl (C=O) groups is 2. The number of allylic oxidation sites excluding steroid dienone is 2. The van der Waals surface area contributed by atoms with Crippen LogP contribution in [-0.2, 0) is 0 Å². The fraction of sp³-hybridized carbons (Fsp3) is 0.0909. The highest BCUT2D eigenvalue weighted by Gasteiger charge is 2.32. The van der Waals surface area contributed by atoms with Gasteiger partial charge in [0.2, 0.25) is 5.78 Å². The van der Waals surface area contributed by atoms with Crippen molar-refractivity contribution in [2.24, 2.45) is 0 Å². The normalized spacial score (nSPS) is 15.3. The molecule has 0 heterocycles. The van der Waals surface area contributed by atoms with Crippen LogP contribution in [0, 0.1) is 0 Å². The molecule has 2 rings (SSSR count). The number of fused-ring (bicyclic) bond motifs is 1. The van der Waals surface area contributed by atoms with Crippen LogP contribution in [0.25, 0.3) is 0 Å². The topological polar surface area (TPSA) is 94.8 Å². The van der Waals surface area contributed by atoms with Gasteiger partial charge in [0.1, 0.15) is 11.5 Å². The first-order chi connectivity index (χ1) is 7.43. The van der Waals surface area contributed by atoms with Gasteiger partial charge in [0.15, 0.2) is 11.5 Å². The van der Waals surface area contributed by atoms with E-state index in [-0.39, 0.29) is 22.4 Å². The number of phenols is 2. The number of phenolic OH excluding ortho intramolecular Hbond substituents is 2. The van der Waals surface area contributed by atoms with E-state index >= 15 is 0 Å². The van der Waals surface area contributed by atoms with Gasteiger partial charge in [-0.05, 0) is 13.0 Å². The van der Waals surface area contributed by atoms with E-state index in [0.717, 1.165) is 12.1 Å². The average molecular weight is 220 g/mol. The van der Waals surface area contributed by atoms with Gasteiger partial charge < -0.3 is 15.3 Å². The first-order valence-corrected chi connectivity index (χ1v) is 4.48. The standard InChI is InChI=1S/C11H8O5/c1-4-9(14)8-6(11(16)10(4)15)2-5(12)3-7(8)13/h2-3,12-13,15H,1H3. The van der Waals surface area contributed by atoms with E-state index in [0.29, 0.717) is 0 Å². The molecule has 1 aliphatic carbocycles. The SMILES string of the molecule is CC1=C(O)C(=O)c2cc(O)cc(O)c2C1=O. The summed E-state index contributed by atoms with van der Waals surface area (Å²) in [5, 5.41) is 28.1. The van der Waals surface area contributed by atoms with Crippen LogP contribution in [0.4, 0.5) is 0 Å². The Morgan fingerprint density at radius 3 is 2.25 bits per heavy atom. The molecule has 5 nitrogen and oxygen atoms in total. The first-order valence-electron chi connectivity index (χ1n) is 4.48. The minimum atomic E-state index is -0.779. The molecular formula is C11H8O5. The van der Waals surface area contributed by atoms with Crippen molar-refractivity contribution in [1.29, 1.82) is 0 Å². The molecule has 82 valence electrons. The van der Waals surface area contributed by atoms with Crippen molar-refractivity contribution >= 4 is 11.6 Å². The summed E-state index contributed by atoms with van der Waals surface area (Å²) < 4.78 is 0. The van der Waals surface area contributed by atoms with Crippen molar-refractivity contribution < 1.29 is 24.9 Å². The molecule has 0 amide bonds. The third-order valence-electron chi connectivity index (χ3n) is 2.48. The second-order valence-electron chi connectivity index (χ2n) is 3.52. The van der Waals surface area contributed by atoms with Crippen molar-refractivity contribution in [3.05, 3.63) is 34.6 Å². The number of hydrogen-bond donors (Lipinski definition) is 3. The molecule has 16 heavy (non-hydrogen) atoms. The first kappa shape index (κ1) is 10.2. The van der Waals surface area contributed by atoms with Crippen molar-refractivity contribution in [2.75, 3.05) is 0 Å². The number of rotatable bonds is 0. The molecule has 0 unspecified atom stereocenters. The smallest absolute Gasteiger partial charge is 0.228 e. The second kappa shape index (κ2) is 3.10. The van der Waals surface area contributed by atoms with Crippen LogP contribution in [0.3, 0.4) is 0 Å². The molecule has 1 aromatic carbocycles. The molecule has 0 bridgehead atoms. The quantitative estimate of drug-likeness (QED) is 0.612. The van der Waals surface area contributed by atoms with Crippen LogP contribution in [0.1, 0.15) is 27.6 Å². The summed E-state index contributed by atoms with van der Waals surface area (Å²) in [4.78, 5) is 23.3. The van der Waals surface area contributed by atoms with Crippen LogP contribution < -0.4 is 0 Å². The summed E-state index contributed by atoms with van der Waals surface area (Å²) in [6, 6.07) is 2.01. The van der Waals surface area contributed by atoms with Gasteiger partial charge in [-0.15, -0.1) is 0 Å². The Labute approximate surface area is 90.3 Å². The Morgan fingerprint density at radius 2 is 1.62 bits per heavy atom. The Kier molecular flexibility index (Phi) is 1.98. The molecule has 1 aliphatic rings. The minimum absolute atomic E-state index is 0.113. The second-order valence-corrected chi connectivity index (χ2v) is 3.52. The van der Waals surface area contributed by atoms with E-state index in [1.165, 1.54) is 6.92 Å². The number of aliphatic hydroxyl groups is 1. The Balaban J connectivity index is 2.81. The maximum absolute atomic E-state index is 11.7. The maximum atomic E-state index is 11.7. The van der Waals surface area contributed by atoms with Gasteiger partial charge in [-0.2, -0.15) is 0 Å². The molecule has 1 aromatic rings. The molecule has 0 radical (unpaired) electrons. The molecule has 0 spiro atoms. The minimum Gasteiger partial charge on any atom is -0.508 e. The summed E-state index contributed by atoms with van der Waals surface area (Å²) in [7, 11) is 0. The summed E-state index contributed by atoms with van der Waals surface area (Å²) in [5.41, 5.74) is -0.484. The van der Waals surface area contributed by atoms with E-state index < -0.39 is 23.1 Å². The van der Waals surface area contributed by atoms with Crippen LogP contribution in [-0.4, -0.2) is 26.9 Å². The highest BCUT2D eigenvalue weighted by Crippen LogP contribution is 2.34. The van der Waals surface area contributed by atoms with E-state index in [1.807, 2.05) is 0 Å². The van der Waals surface area contributed by atoms with Gasteiger partial charge in [0.25, 0.3) is 0 Å². The third-order valence-corrected chi connectivity index (χ3v) is 2.48. The van der Waals surface area contributed by atoms with Crippen molar-refractivity contribution in [3.63, 3.8) is 0 Å². The zero-order valence-electron chi connectivity index (χ0n) is 8.31. The van der Waals surface area contributed by atoms with E-state index in [4.69, 9.17) is 0 Å². The zero-order chi connectivity index (χ0) is 12.0. The predicted molar refractivity (Wildman–Crippen MR) is 53.8 cm³/mol. The number of Topliss-reactive ketones (excluding diaryl/α,β-unsaturated/α-hetero) is 2. The van der Waals surface area contributed by atoms with Gasteiger partial charge in [0, 0.05) is 17.2 Å². The highest BCUT2D eigenvalue weighted by atomic mass is 16.3. The fourth-order valence-corrected chi connectivity index (χ4v) is 1.62. The molecule has 3 N–H and O–H groups in total. The lowest BCUT2D eigenvalue weighted by molar-refractivity contribution is 0.0927. The highest BCUT2D eigenvalue weighted by molar-refractivity contribution is 6.26.